The minimum absolute atomic E-state index is 0.0101. The molecule has 1 aliphatic rings. The Balaban J connectivity index is 1.88. The average Bonchev–Trinajstić information content (AvgIpc) is 2.58. The highest BCUT2D eigenvalue weighted by atomic mass is 19.2. The van der Waals surface area contributed by atoms with E-state index < -0.39 is 29.2 Å². The Morgan fingerprint density at radius 1 is 1.04 bits per heavy atom. The topological polar surface area (TPSA) is 0 Å². The molecule has 1 aliphatic carbocycles. The van der Waals surface area contributed by atoms with Crippen molar-refractivity contribution in [3.8, 4) is 0 Å². The first-order chi connectivity index (χ1) is 12.0. The standard InChI is InChI=1S/C21H20F4/c1-2-3-4-5-13-10-18(23)20(19(24)11-13)15-7-6-14-8-9-17(22)21(25)16(14)12-15/h2-3,8-11,15H,4-7,12H2,1H3/b3-2+. The molecule has 0 heterocycles. The number of allylic oxidation sites excluding steroid dienone is 2. The van der Waals surface area contributed by atoms with Gasteiger partial charge >= 0.3 is 0 Å². The maximum atomic E-state index is 14.5. The van der Waals surface area contributed by atoms with Crippen LogP contribution in [0.3, 0.4) is 0 Å². The SMILES string of the molecule is C/C=C/CCc1cc(F)c(C2CCc3ccc(F)c(F)c3C2)c(F)c1. The van der Waals surface area contributed by atoms with E-state index in [4.69, 9.17) is 0 Å². The highest BCUT2D eigenvalue weighted by Crippen LogP contribution is 2.37. The quantitative estimate of drug-likeness (QED) is 0.468. The first-order valence-corrected chi connectivity index (χ1v) is 8.56. The molecule has 0 aromatic heterocycles. The Labute approximate surface area is 145 Å². The van der Waals surface area contributed by atoms with E-state index in [1.165, 1.54) is 12.1 Å². The minimum atomic E-state index is -0.917. The third-order valence-corrected chi connectivity index (χ3v) is 4.89. The molecule has 2 aromatic carbocycles. The van der Waals surface area contributed by atoms with E-state index in [1.807, 2.05) is 19.1 Å². The number of hydrogen-bond donors (Lipinski definition) is 0. The van der Waals surface area contributed by atoms with Crippen LogP contribution in [-0.2, 0) is 19.3 Å². The van der Waals surface area contributed by atoms with Crippen LogP contribution < -0.4 is 0 Å². The van der Waals surface area contributed by atoms with Gasteiger partial charge in [-0.25, -0.2) is 17.6 Å². The van der Waals surface area contributed by atoms with Crippen molar-refractivity contribution in [3.05, 3.63) is 81.9 Å². The Morgan fingerprint density at radius 3 is 2.44 bits per heavy atom. The van der Waals surface area contributed by atoms with Crippen LogP contribution in [0.1, 0.15) is 47.9 Å². The van der Waals surface area contributed by atoms with Crippen LogP contribution in [0.4, 0.5) is 17.6 Å². The Kier molecular flexibility index (Phi) is 5.26. The number of rotatable bonds is 4. The average molecular weight is 348 g/mol. The molecule has 0 fully saturated rings. The summed E-state index contributed by atoms with van der Waals surface area (Å²) in [6.07, 6.45) is 6.24. The van der Waals surface area contributed by atoms with Crippen molar-refractivity contribution in [3.63, 3.8) is 0 Å². The van der Waals surface area contributed by atoms with Crippen molar-refractivity contribution in [1.29, 1.82) is 0 Å². The molecule has 0 N–H and O–H groups in total. The molecule has 0 spiro atoms. The first kappa shape index (κ1) is 17.7. The summed E-state index contributed by atoms with van der Waals surface area (Å²) < 4.78 is 56.6. The van der Waals surface area contributed by atoms with E-state index >= 15 is 0 Å². The van der Waals surface area contributed by atoms with Crippen molar-refractivity contribution in [2.45, 2.75) is 44.9 Å². The predicted molar refractivity (Wildman–Crippen MR) is 90.6 cm³/mol. The zero-order valence-corrected chi connectivity index (χ0v) is 14.1. The summed E-state index contributed by atoms with van der Waals surface area (Å²) >= 11 is 0. The van der Waals surface area contributed by atoms with Gasteiger partial charge in [0.1, 0.15) is 11.6 Å². The molecule has 2 aromatic rings. The Hall–Kier alpha value is -2.10. The molecule has 0 nitrogen and oxygen atoms in total. The third-order valence-electron chi connectivity index (χ3n) is 4.89. The molecule has 25 heavy (non-hydrogen) atoms. The van der Waals surface area contributed by atoms with Crippen molar-refractivity contribution >= 4 is 0 Å². The van der Waals surface area contributed by atoms with Gasteiger partial charge in [-0.3, -0.25) is 0 Å². The molecule has 0 saturated heterocycles. The molecular formula is C21H20F4. The summed E-state index contributed by atoms with van der Waals surface area (Å²) in [5.41, 5.74) is 1.56. The second kappa shape index (κ2) is 7.42. The number of halogens is 4. The summed E-state index contributed by atoms with van der Waals surface area (Å²) in [7, 11) is 0. The molecule has 132 valence electrons. The summed E-state index contributed by atoms with van der Waals surface area (Å²) in [6, 6.07) is 5.38. The van der Waals surface area contributed by atoms with E-state index in [2.05, 4.69) is 0 Å². The number of aryl methyl sites for hydroxylation is 2. The molecule has 4 heteroatoms. The molecule has 3 rings (SSSR count). The van der Waals surface area contributed by atoms with Gasteiger partial charge in [0, 0.05) is 5.56 Å². The zero-order valence-electron chi connectivity index (χ0n) is 14.1. The van der Waals surface area contributed by atoms with Crippen LogP contribution in [0.2, 0.25) is 0 Å². The van der Waals surface area contributed by atoms with E-state index in [0.29, 0.717) is 24.8 Å². The lowest BCUT2D eigenvalue weighted by atomic mass is 9.79. The molecule has 0 amide bonds. The van der Waals surface area contributed by atoms with Gasteiger partial charge in [0.25, 0.3) is 0 Å². The predicted octanol–water partition coefficient (Wildman–Crippen LogP) is 6.02. The smallest absolute Gasteiger partial charge is 0.162 e. The van der Waals surface area contributed by atoms with Crippen molar-refractivity contribution in [2.24, 2.45) is 0 Å². The maximum Gasteiger partial charge on any atom is 0.162 e. The van der Waals surface area contributed by atoms with Gasteiger partial charge in [-0.15, -0.1) is 0 Å². The second-order valence-corrected chi connectivity index (χ2v) is 6.52. The fourth-order valence-corrected chi connectivity index (χ4v) is 3.60. The largest absolute Gasteiger partial charge is 0.207 e. The van der Waals surface area contributed by atoms with Crippen molar-refractivity contribution < 1.29 is 17.6 Å². The van der Waals surface area contributed by atoms with Gasteiger partial charge in [0.05, 0.1) is 0 Å². The maximum absolute atomic E-state index is 14.5. The van der Waals surface area contributed by atoms with E-state index in [0.717, 1.165) is 18.1 Å². The van der Waals surface area contributed by atoms with Gasteiger partial charge in [-0.05, 0) is 79.8 Å². The summed E-state index contributed by atoms with van der Waals surface area (Å²) in [5.74, 6) is -3.49. The second-order valence-electron chi connectivity index (χ2n) is 6.52. The van der Waals surface area contributed by atoms with Crippen LogP contribution >= 0.6 is 0 Å². The van der Waals surface area contributed by atoms with E-state index in [-0.39, 0.29) is 17.5 Å². The lowest BCUT2D eigenvalue weighted by Gasteiger charge is -2.26. The van der Waals surface area contributed by atoms with Crippen molar-refractivity contribution in [1.82, 2.24) is 0 Å². The molecule has 0 bridgehead atoms. The lowest BCUT2D eigenvalue weighted by Crippen LogP contribution is -2.17. The van der Waals surface area contributed by atoms with Crippen LogP contribution in [0.25, 0.3) is 0 Å². The highest BCUT2D eigenvalue weighted by molar-refractivity contribution is 5.37. The molecular weight excluding hydrogens is 328 g/mol. The van der Waals surface area contributed by atoms with Crippen LogP contribution in [0, 0.1) is 23.3 Å². The number of fused-ring (bicyclic) bond motifs is 1. The first-order valence-electron chi connectivity index (χ1n) is 8.56. The number of benzene rings is 2. The van der Waals surface area contributed by atoms with Gasteiger partial charge in [-0.1, -0.05) is 18.2 Å². The van der Waals surface area contributed by atoms with Crippen LogP contribution in [-0.4, -0.2) is 0 Å². The molecule has 0 saturated carbocycles. The lowest BCUT2D eigenvalue weighted by molar-refractivity contribution is 0.457. The fourth-order valence-electron chi connectivity index (χ4n) is 3.60. The van der Waals surface area contributed by atoms with Crippen LogP contribution in [0.15, 0.2) is 36.4 Å². The van der Waals surface area contributed by atoms with Gasteiger partial charge in [0.2, 0.25) is 0 Å². The van der Waals surface area contributed by atoms with Crippen LogP contribution in [0.5, 0.6) is 0 Å². The minimum Gasteiger partial charge on any atom is -0.207 e. The number of hydrogen-bond acceptors (Lipinski definition) is 0. The van der Waals surface area contributed by atoms with E-state index in [9.17, 15) is 17.6 Å². The Morgan fingerprint density at radius 2 is 1.76 bits per heavy atom. The monoisotopic (exact) mass is 348 g/mol. The third kappa shape index (κ3) is 3.63. The highest BCUT2D eigenvalue weighted by Gasteiger charge is 2.28. The normalized spacial score (nSPS) is 17.1. The summed E-state index contributed by atoms with van der Waals surface area (Å²) in [5, 5.41) is 0. The van der Waals surface area contributed by atoms with Gasteiger partial charge in [0.15, 0.2) is 11.6 Å². The fraction of sp³-hybridized carbons (Fsp3) is 0.333. The van der Waals surface area contributed by atoms with E-state index in [1.54, 1.807) is 6.07 Å². The molecule has 0 aliphatic heterocycles. The van der Waals surface area contributed by atoms with Crippen molar-refractivity contribution in [2.75, 3.05) is 0 Å². The van der Waals surface area contributed by atoms with Gasteiger partial charge in [-0.2, -0.15) is 0 Å². The molecule has 1 atom stereocenters. The molecule has 1 unspecified atom stereocenters. The molecule has 0 radical (unpaired) electrons. The summed E-state index contributed by atoms with van der Waals surface area (Å²) in [4.78, 5) is 0. The van der Waals surface area contributed by atoms with Gasteiger partial charge < -0.3 is 0 Å². The summed E-state index contributed by atoms with van der Waals surface area (Å²) in [6.45, 7) is 1.90. The Bertz CT molecular complexity index is 785. The zero-order chi connectivity index (χ0) is 18.0.